The van der Waals surface area contributed by atoms with Crippen LogP contribution in [0.15, 0.2) is 53.6 Å². The Hall–Kier alpha value is -2.37. The van der Waals surface area contributed by atoms with Crippen LogP contribution >= 0.6 is 0 Å². The smallest absolute Gasteiger partial charge is 0.254 e. The lowest BCUT2D eigenvalue weighted by Crippen LogP contribution is -2.52. The molecule has 1 fully saturated rings. The minimum absolute atomic E-state index is 0.207. The molecule has 1 saturated heterocycles. The molecule has 31 heavy (non-hydrogen) atoms. The molecule has 164 valence electrons. The minimum Gasteiger partial charge on any atom is -0.380 e. The van der Waals surface area contributed by atoms with Gasteiger partial charge >= 0.3 is 0 Å². The average molecular weight is 419 g/mol. The lowest BCUT2D eigenvalue weighted by Gasteiger charge is -2.37. The van der Waals surface area contributed by atoms with E-state index in [9.17, 15) is 4.79 Å². The number of amides is 1. The number of hydrogen-bond acceptors (Lipinski definition) is 4. The van der Waals surface area contributed by atoms with E-state index in [0.29, 0.717) is 6.04 Å². The van der Waals surface area contributed by atoms with Crippen molar-refractivity contribution in [3.05, 3.63) is 64.8 Å². The zero-order valence-corrected chi connectivity index (χ0v) is 18.6. The zero-order chi connectivity index (χ0) is 21.2. The van der Waals surface area contributed by atoms with Gasteiger partial charge in [0.25, 0.3) is 5.91 Å². The van der Waals surface area contributed by atoms with E-state index in [0.717, 1.165) is 82.7 Å². The van der Waals surface area contributed by atoms with Crippen molar-refractivity contribution in [2.24, 2.45) is 0 Å². The van der Waals surface area contributed by atoms with E-state index in [1.807, 2.05) is 0 Å². The molecule has 0 aromatic heterocycles. The molecule has 5 nitrogen and oxygen atoms in total. The monoisotopic (exact) mass is 418 g/mol. The molecule has 0 atom stereocenters. The van der Waals surface area contributed by atoms with Crippen molar-refractivity contribution in [3.8, 4) is 0 Å². The zero-order valence-electron chi connectivity index (χ0n) is 18.6. The van der Waals surface area contributed by atoms with Crippen molar-refractivity contribution >= 4 is 11.6 Å². The predicted octanol–water partition coefficient (Wildman–Crippen LogP) is 3.32. The van der Waals surface area contributed by atoms with Crippen LogP contribution in [0.1, 0.15) is 35.2 Å². The number of rotatable bonds is 6. The quantitative estimate of drug-likeness (QED) is 0.769. The van der Waals surface area contributed by atoms with Crippen molar-refractivity contribution in [3.63, 3.8) is 0 Å². The second kappa shape index (κ2) is 9.01. The first kappa shape index (κ1) is 20.5. The normalized spacial score (nSPS) is 22.2. The number of nitrogens with zero attached hydrogens (tertiary/aromatic N) is 3. The van der Waals surface area contributed by atoms with E-state index in [1.165, 1.54) is 11.1 Å². The first-order valence-electron chi connectivity index (χ1n) is 11.8. The second-order valence-corrected chi connectivity index (χ2v) is 9.48. The van der Waals surface area contributed by atoms with Gasteiger partial charge in [-0.05, 0) is 61.6 Å². The minimum atomic E-state index is 0.207. The highest BCUT2D eigenvalue weighted by Crippen LogP contribution is 2.26. The van der Waals surface area contributed by atoms with Gasteiger partial charge in [0.05, 0.1) is 6.04 Å². The fourth-order valence-corrected chi connectivity index (χ4v) is 5.29. The summed E-state index contributed by atoms with van der Waals surface area (Å²) in [5, 5.41) is 3.57. The number of hydrogen-bond donors (Lipinski definition) is 1. The van der Waals surface area contributed by atoms with E-state index < -0.39 is 0 Å². The SMILES string of the molecule is CN1CC(Nc2ccc3c(c2)C(=O)N(CCCN2CCC4=C(CC=CC=C4)C2)CC3)C1. The Balaban J connectivity index is 1.14. The van der Waals surface area contributed by atoms with E-state index >= 15 is 0 Å². The molecule has 0 unspecified atom stereocenters. The molecule has 1 amide bonds. The number of likely N-dealkylation sites (tertiary alicyclic amines) is 1. The maximum atomic E-state index is 13.2. The number of carbonyl (C=O) groups excluding carboxylic acids is 1. The highest BCUT2D eigenvalue weighted by molar-refractivity contribution is 5.97. The number of carbonyl (C=O) groups is 1. The largest absolute Gasteiger partial charge is 0.380 e. The lowest BCUT2D eigenvalue weighted by atomic mass is 9.97. The number of fused-ring (bicyclic) bond motifs is 1. The molecule has 4 aliphatic rings. The Labute approximate surface area is 186 Å². The van der Waals surface area contributed by atoms with Crippen LogP contribution in [0.3, 0.4) is 0 Å². The Kier molecular flexibility index (Phi) is 5.97. The van der Waals surface area contributed by atoms with E-state index in [-0.39, 0.29) is 5.91 Å². The molecule has 0 bridgehead atoms. The Bertz CT molecular complexity index is 925. The number of allylic oxidation sites excluding steroid dienone is 4. The molecule has 5 rings (SSSR count). The molecule has 0 spiro atoms. The second-order valence-electron chi connectivity index (χ2n) is 9.48. The summed E-state index contributed by atoms with van der Waals surface area (Å²) >= 11 is 0. The van der Waals surface area contributed by atoms with Crippen molar-refractivity contribution < 1.29 is 4.79 Å². The van der Waals surface area contributed by atoms with Crippen LogP contribution < -0.4 is 5.32 Å². The van der Waals surface area contributed by atoms with Gasteiger partial charge in [0.1, 0.15) is 0 Å². The van der Waals surface area contributed by atoms with Gasteiger partial charge in [0.15, 0.2) is 0 Å². The van der Waals surface area contributed by atoms with Crippen molar-refractivity contribution in [2.75, 3.05) is 58.2 Å². The summed E-state index contributed by atoms with van der Waals surface area (Å²) in [6.07, 6.45) is 13.1. The van der Waals surface area contributed by atoms with Gasteiger partial charge in [-0.2, -0.15) is 0 Å². The molecule has 1 N–H and O–H groups in total. The van der Waals surface area contributed by atoms with Gasteiger partial charge in [-0.25, -0.2) is 0 Å². The predicted molar refractivity (Wildman–Crippen MR) is 127 cm³/mol. The molecule has 1 aliphatic carbocycles. The summed E-state index contributed by atoms with van der Waals surface area (Å²) in [5.41, 5.74) is 6.27. The van der Waals surface area contributed by atoms with Crippen molar-refractivity contribution in [1.82, 2.24) is 14.7 Å². The van der Waals surface area contributed by atoms with Crippen molar-refractivity contribution in [1.29, 1.82) is 0 Å². The summed E-state index contributed by atoms with van der Waals surface area (Å²) in [6.45, 7) is 7.11. The highest BCUT2D eigenvalue weighted by Gasteiger charge is 2.27. The third kappa shape index (κ3) is 4.63. The van der Waals surface area contributed by atoms with Gasteiger partial charge in [-0.3, -0.25) is 9.69 Å². The van der Waals surface area contributed by atoms with Gasteiger partial charge in [-0.1, -0.05) is 30.4 Å². The highest BCUT2D eigenvalue weighted by atomic mass is 16.2. The standard InChI is InChI=1S/C26H34N4O/c1-28-18-24(19-28)27-23-9-8-21-11-15-30(26(31)25(21)16-23)13-5-12-29-14-10-20-6-3-2-4-7-22(20)17-29/h2-4,6,8-9,16,24,27H,5,7,10-15,17-19H2,1H3. The molecular weight excluding hydrogens is 384 g/mol. The third-order valence-electron chi connectivity index (χ3n) is 7.09. The summed E-state index contributed by atoms with van der Waals surface area (Å²) in [6, 6.07) is 6.85. The topological polar surface area (TPSA) is 38.8 Å². The first-order valence-corrected chi connectivity index (χ1v) is 11.8. The molecular formula is C26H34N4O. The van der Waals surface area contributed by atoms with Crippen LogP contribution in [0.5, 0.6) is 0 Å². The number of anilines is 1. The molecule has 0 saturated carbocycles. The summed E-state index contributed by atoms with van der Waals surface area (Å²) in [5.74, 6) is 0.207. The number of nitrogens with one attached hydrogen (secondary N) is 1. The van der Waals surface area contributed by atoms with Gasteiger partial charge in [-0.15, -0.1) is 0 Å². The van der Waals surface area contributed by atoms with Crippen LogP contribution in [-0.2, 0) is 6.42 Å². The van der Waals surface area contributed by atoms with Gasteiger partial charge in [0.2, 0.25) is 0 Å². The summed E-state index contributed by atoms with van der Waals surface area (Å²) in [7, 11) is 2.14. The van der Waals surface area contributed by atoms with Crippen molar-refractivity contribution in [2.45, 2.75) is 31.7 Å². The van der Waals surface area contributed by atoms with Crippen LogP contribution in [-0.4, -0.2) is 79.5 Å². The lowest BCUT2D eigenvalue weighted by molar-refractivity contribution is 0.0732. The Morgan fingerprint density at radius 3 is 2.87 bits per heavy atom. The maximum absolute atomic E-state index is 13.2. The Morgan fingerprint density at radius 1 is 1.10 bits per heavy atom. The molecule has 1 aromatic rings. The third-order valence-corrected chi connectivity index (χ3v) is 7.09. The fourth-order valence-electron chi connectivity index (χ4n) is 5.29. The van der Waals surface area contributed by atoms with E-state index in [1.54, 1.807) is 5.57 Å². The van der Waals surface area contributed by atoms with Crippen LogP contribution in [0.25, 0.3) is 0 Å². The molecule has 0 radical (unpaired) electrons. The van der Waals surface area contributed by atoms with E-state index in [4.69, 9.17) is 0 Å². The van der Waals surface area contributed by atoms with Crippen LogP contribution in [0.2, 0.25) is 0 Å². The van der Waals surface area contributed by atoms with E-state index in [2.05, 4.69) is 69.6 Å². The molecule has 3 aliphatic heterocycles. The fraction of sp³-hybridized carbons (Fsp3) is 0.500. The molecule has 5 heteroatoms. The molecule has 3 heterocycles. The van der Waals surface area contributed by atoms with Gasteiger partial charge in [0, 0.05) is 57.1 Å². The van der Waals surface area contributed by atoms with Crippen LogP contribution in [0, 0.1) is 0 Å². The average Bonchev–Trinajstić information content (AvgIpc) is 3.00. The number of benzene rings is 1. The van der Waals surface area contributed by atoms with Crippen LogP contribution in [0.4, 0.5) is 5.69 Å². The van der Waals surface area contributed by atoms with Gasteiger partial charge < -0.3 is 15.1 Å². The summed E-state index contributed by atoms with van der Waals surface area (Å²) in [4.78, 5) is 20.1. The summed E-state index contributed by atoms with van der Waals surface area (Å²) < 4.78 is 0. The maximum Gasteiger partial charge on any atom is 0.254 e. The number of likely N-dealkylation sites (N-methyl/N-ethyl adjacent to an activating group) is 1. The molecule has 1 aromatic carbocycles. The first-order chi connectivity index (χ1) is 15.2. The Morgan fingerprint density at radius 2 is 2.00 bits per heavy atom.